The molecule has 5 heteroatoms. The predicted molar refractivity (Wildman–Crippen MR) is 74.9 cm³/mol. The fourth-order valence-corrected chi connectivity index (χ4v) is 2.44. The summed E-state index contributed by atoms with van der Waals surface area (Å²) in [6, 6.07) is 9.81. The molecule has 1 fully saturated rings. The first kappa shape index (κ1) is 11.9. The molecule has 1 aliphatic carbocycles. The fourth-order valence-electron chi connectivity index (χ4n) is 2.44. The van der Waals surface area contributed by atoms with E-state index in [1.54, 1.807) is 6.07 Å². The molecule has 2 aromatic rings. The summed E-state index contributed by atoms with van der Waals surface area (Å²) in [5.41, 5.74) is 12.5. The van der Waals surface area contributed by atoms with Gasteiger partial charge in [0.1, 0.15) is 5.82 Å². The molecule has 0 saturated heterocycles. The van der Waals surface area contributed by atoms with Crippen LogP contribution in [-0.4, -0.2) is 23.0 Å². The van der Waals surface area contributed by atoms with E-state index in [1.807, 2.05) is 24.3 Å². The summed E-state index contributed by atoms with van der Waals surface area (Å²) >= 11 is 0. The second kappa shape index (κ2) is 4.51. The van der Waals surface area contributed by atoms with Gasteiger partial charge in [0.25, 0.3) is 0 Å². The molecule has 0 bridgehead atoms. The van der Waals surface area contributed by atoms with Crippen molar-refractivity contribution in [2.45, 2.75) is 24.9 Å². The van der Waals surface area contributed by atoms with Gasteiger partial charge in [0, 0.05) is 17.5 Å². The van der Waals surface area contributed by atoms with Crippen LogP contribution in [0.2, 0.25) is 0 Å². The van der Waals surface area contributed by atoms with Crippen molar-refractivity contribution in [2.24, 2.45) is 11.5 Å². The van der Waals surface area contributed by atoms with Crippen LogP contribution in [0.15, 0.2) is 30.3 Å². The van der Waals surface area contributed by atoms with Gasteiger partial charge >= 0.3 is 0 Å². The van der Waals surface area contributed by atoms with Gasteiger partial charge in [0.2, 0.25) is 5.91 Å². The predicted octanol–water partition coefficient (Wildman–Crippen LogP) is 1.24. The minimum atomic E-state index is -0.438. The smallest absolute Gasteiger partial charge is 0.249 e. The third-order valence-electron chi connectivity index (χ3n) is 3.51. The number of fused-ring (bicyclic) bond motifs is 1. The fraction of sp³-hybridized carbons (Fsp3) is 0.286. The number of nitrogens with zero attached hydrogens (tertiary/aromatic N) is 1. The molecule has 19 heavy (non-hydrogen) atoms. The number of anilines is 1. The average Bonchev–Trinajstić information content (AvgIpc) is 2.36. The van der Waals surface area contributed by atoms with Crippen LogP contribution in [-0.2, 0) is 0 Å². The van der Waals surface area contributed by atoms with Crippen LogP contribution in [0.3, 0.4) is 0 Å². The first-order valence-electron chi connectivity index (χ1n) is 6.35. The SMILES string of the molecule is NC(=O)c1cc(NC2CC(N)C2)nc2ccccc12. The van der Waals surface area contributed by atoms with Crippen molar-refractivity contribution in [1.82, 2.24) is 4.98 Å². The molecule has 3 rings (SSSR count). The molecule has 0 radical (unpaired) electrons. The summed E-state index contributed by atoms with van der Waals surface area (Å²) < 4.78 is 0. The summed E-state index contributed by atoms with van der Waals surface area (Å²) in [6.07, 6.45) is 1.86. The van der Waals surface area contributed by atoms with Crippen molar-refractivity contribution >= 4 is 22.6 Å². The summed E-state index contributed by atoms with van der Waals surface area (Å²) in [5.74, 6) is 0.247. The highest BCUT2D eigenvalue weighted by molar-refractivity contribution is 6.06. The van der Waals surface area contributed by atoms with Crippen LogP contribution >= 0.6 is 0 Å². The number of hydrogen-bond acceptors (Lipinski definition) is 4. The highest BCUT2D eigenvalue weighted by atomic mass is 16.1. The molecule has 0 spiro atoms. The van der Waals surface area contributed by atoms with Crippen molar-refractivity contribution < 1.29 is 4.79 Å². The van der Waals surface area contributed by atoms with E-state index in [2.05, 4.69) is 10.3 Å². The van der Waals surface area contributed by atoms with E-state index in [-0.39, 0.29) is 6.04 Å². The van der Waals surface area contributed by atoms with Gasteiger partial charge in [-0.3, -0.25) is 4.79 Å². The number of pyridine rings is 1. The highest BCUT2D eigenvalue weighted by Gasteiger charge is 2.26. The van der Waals surface area contributed by atoms with E-state index < -0.39 is 5.91 Å². The van der Waals surface area contributed by atoms with Gasteiger partial charge in [0.15, 0.2) is 0 Å². The first-order valence-corrected chi connectivity index (χ1v) is 6.35. The lowest BCUT2D eigenvalue weighted by Gasteiger charge is -2.33. The zero-order chi connectivity index (χ0) is 13.4. The van der Waals surface area contributed by atoms with Crippen molar-refractivity contribution in [3.05, 3.63) is 35.9 Å². The molecular weight excluding hydrogens is 240 g/mol. The molecule has 98 valence electrons. The van der Waals surface area contributed by atoms with Gasteiger partial charge < -0.3 is 16.8 Å². The van der Waals surface area contributed by atoms with Gasteiger partial charge in [-0.05, 0) is 25.0 Å². The number of benzene rings is 1. The molecular formula is C14H16N4O. The lowest BCUT2D eigenvalue weighted by atomic mass is 9.87. The largest absolute Gasteiger partial charge is 0.367 e. The second-order valence-corrected chi connectivity index (χ2v) is 5.01. The Balaban J connectivity index is 1.99. The molecule has 0 atom stereocenters. The topological polar surface area (TPSA) is 94.0 Å². The normalized spacial score (nSPS) is 21.9. The molecule has 1 aromatic carbocycles. The maximum Gasteiger partial charge on any atom is 0.249 e. The van der Waals surface area contributed by atoms with Gasteiger partial charge in [-0.25, -0.2) is 4.98 Å². The van der Waals surface area contributed by atoms with E-state index in [9.17, 15) is 4.79 Å². The van der Waals surface area contributed by atoms with E-state index in [0.717, 1.165) is 23.7 Å². The van der Waals surface area contributed by atoms with Gasteiger partial charge in [-0.1, -0.05) is 18.2 Å². The molecule has 1 heterocycles. The molecule has 1 saturated carbocycles. The number of para-hydroxylation sites is 1. The number of amides is 1. The molecule has 1 amide bonds. The van der Waals surface area contributed by atoms with Crippen molar-refractivity contribution in [2.75, 3.05) is 5.32 Å². The van der Waals surface area contributed by atoms with Gasteiger partial charge in [-0.15, -0.1) is 0 Å². The quantitative estimate of drug-likeness (QED) is 0.770. The van der Waals surface area contributed by atoms with Crippen LogP contribution in [0.1, 0.15) is 23.2 Å². The minimum Gasteiger partial charge on any atom is -0.367 e. The number of nitrogens with two attached hydrogens (primary N) is 2. The van der Waals surface area contributed by atoms with Crippen LogP contribution in [0.4, 0.5) is 5.82 Å². The van der Waals surface area contributed by atoms with Crippen LogP contribution in [0.25, 0.3) is 10.9 Å². The highest BCUT2D eigenvalue weighted by Crippen LogP contribution is 2.25. The van der Waals surface area contributed by atoms with E-state index in [1.165, 1.54) is 0 Å². The zero-order valence-corrected chi connectivity index (χ0v) is 10.5. The minimum absolute atomic E-state index is 0.272. The summed E-state index contributed by atoms with van der Waals surface area (Å²) in [5, 5.41) is 4.08. The molecule has 1 aliphatic rings. The number of hydrogen-bond donors (Lipinski definition) is 3. The van der Waals surface area contributed by atoms with Crippen LogP contribution < -0.4 is 16.8 Å². The van der Waals surface area contributed by atoms with Crippen molar-refractivity contribution in [3.8, 4) is 0 Å². The van der Waals surface area contributed by atoms with E-state index >= 15 is 0 Å². The maximum atomic E-state index is 11.5. The third kappa shape index (κ3) is 2.24. The molecule has 5 N–H and O–H groups in total. The summed E-state index contributed by atoms with van der Waals surface area (Å²) in [7, 11) is 0. The van der Waals surface area contributed by atoms with Crippen LogP contribution in [0.5, 0.6) is 0 Å². The Bertz CT molecular complexity index is 634. The van der Waals surface area contributed by atoms with Gasteiger partial charge in [0.05, 0.1) is 11.1 Å². The Morgan fingerprint density at radius 1 is 1.32 bits per heavy atom. The number of carbonyl (C=O) groups is 1. The maximum absolute atomic E-state index is 11.5. The molecule has 0 aliphatic heterocycles. The summed E-state index contributed by atoms with van der Waals surface area (Å²) in [4.78, 5) is 16.0. The monoisotopic (exact) mass is 256 g/mol. The number of aromatic nitrogens is 1. The van der Waals surface area contributed by atoms with Gasteiger partial charge in [-0.2, -0.15) is 0 Å². The number of rotatable bonds is 3. The number of carbonyl (C=O) groups excluding carboxylic acids is 1. The zero-order valence-electron chi connectivity index (χ0n) is 10.5. The van der Waals surface area contributed by atoms with E-state index in [0.29, 0.717) is 17.4 Å². The Labute approximate surface area is 111 Å². The van der Waals surface area contributed by atoms with Crippen molar-refractivity contribution in [3.63, 3.8) is 0 Å². The average molecular weight is 256 g/mol. The second-order valence-electron chi connectivity index (χ2n) is 5.01. The lowest BCUT2D eigenvalue weighted by Crippen LogP contribution is -2.44. The Morgan fingerprint density at radius 3 is 2.74 bits per heavy atom. The van der Waals surface area contributed by atoms with E-state index in [4.69, 9.17) is 11.5 Å². The first-order chi connectivity index (χ1) is 9.13. The molecule has 1 aromatic heterocycles. The Morgan fingerprint density at radius 2 is 2.05 bits per heavy atom. The van der Waals surface area contributed by atoms with Crippen LogP contribution in [0, 0.1) is 0 Å². The molecule has 0 unspecified atom stereocenters. The number of primary amides is 1. The standard InChI is InChI=1S/C14H16N4O/c15-8-5-9(6-8)17-13-7-11(14(16)19)10-3-1-2-4-12(10)18-13/h1-4,7-9H,5-6,15H2,(H2,16,19)(H,17,18). The Hall–Kier alpha value is -2.14. The third-order valence-corrected chi connectivity index (χ3v) is 3.51. The van der Waals surface area contributed by atoms with Crippen molar-refractivity contribution in [1.29, 1.82) is 0 Å². The number of nitrogens with one attached hydrogen (secondary N) is 1. The molecule has 5 nitrogen and oxygen atoms in total. The Kier molecular flexibility index (Phi) is 2.83. The lowest BCUT2D eigenvalue weighted by molar-refractivity contribution is 0.100. The summed E-state index contributed by atoms with van der Waals surface area (Å²) in [6.45, 7) is 0.